The van der Waals surface area contributed by atoms with Crippen LogP contribution in [0.3, 0.4) is 0 Å². The Labute approximate surface area is 97.3 Å². The highest BCUT2D eigenvalue weighted by atomic mass is 28.4. The molecule has 0 spiro atoms. The Morgan fingerprint density at radius 3 is 2.19 bits per heavy atom. The van der Waals surface area contributed by atoms with E-state index >= 15 is 0 Å². The van der Waals surface area contributed by atoms with Crippen LogP contribution in [0.25, 0.3) is 0 Å². The summed E-state index contributed by atoms with van der Waals surface area (Å²) in [5.74, 6) is -0.243. The molecule has 0 rings (SSSR count). The summed E-state index contributed by atoms with van der Waals surface area (Å²) in [6.45, 7) is 10.1. The Hall–Kier alpha value is -0.883. The molecule has 6 heteroatoms. The summed E-state index contributed by atoms with van der Waals surface area (Å²) >= 11 is 0. The van der Waals surface area contributed by atoms with Gasteiger partial charge in [-0.15, -0.1) is 0 Å². The van der Waals surface area contributed by atoms with E-state index < -0.39 is 14.4 Å². The maximum absolute atomic E-state index is 11.3. The van der Waals surface area contributed by atoms with Gasteiger partial charge in [-0.3, -0.25) is 4.79 Å². The average Bonchev–Trinajstić information content (AvgIpc) is 2.09. The minimum atomic E-state index is -1.92. The molecule has 0 aliphatic heterocycles. The Balaban J connectivity index is 4.06. The summed E-state index contributed by atoms with van der Waals surface area (Å²) in [5.41, 5.74) is 0. The first kappa shape index (κ1) is 15.1. The van der Waals surface area contributed by atoms with Gasteiger partial charge in [0.05, 0.1) is 13.2 Å². The van der Waals surface area contributed by atoms with Crippen molar-refractivity contribution in [1.29, 1.82) is 0 Å². The highest BCUT2D eigenvalue weighted by Gasteiger charge is 2.37. The van der Waals surface area contributed by atoms with Crippen molar-refractivity contribution < 1.29 is 19.1 Å². The Bertz CT molecular complexity index is 270. The molecule has 16 heavy (non-hydrogen) atoms. The smallest absolute Gasteiger partial charge is 0.405 e. The summed E-state index contributed by atoms with van der Waals surface area (Å²) in [7, 11) is -1.92. The lowest BCUT2D eigenvalue weighted by molar-refractivity contribution is -0.120. The second kappa shape index (κ2) is 5.45. The van der Waals surface area contributed by atoms with Gasteiger partial charge in [0.15, 0.2) is 14.1 Å². The summed E-state index contributed by atoms with van der Waals surface area (Å²) in [4.78, 5) is 21.5. The van der Waals surface area contributed by atoms with E-state index in [1.165, 1.54) is 0 Å². The number of ketones is 1. The van der Waals surface area contributed by atoms with Crippen molar-refractivity contribution in [3.05, 3.63) is 0 Å². The lowest BCUT2D eigenvalue weighted by atomic mass is 10.2. The minimum Gasteiger partial charge on any atom is -0.465 e. The van der Waals surface area contributed by atoms with Crippen molar-refractivity contribution in [2.45, 2.75) is 38.9 Å². The lowest BCUT2D eigenvalue weighted by Crippen LogP contribution is -2.43. The SMILES string of the molecule is CC(C)(C)[Si](C)(C)OCC(=O)CNC(=O)O. The quantitative estimate of drug-likeness (QED) is 0.727. The van der Waals surface area contributed by atoms with Gasteiger partial charge in [-0.05, 0) is 18.1 Å². The Morgan fingerprint density at radius 1 is 1.31 bits per heavy atom. The molecule has 0 fully saturated rings. The van der Waals surface area contributed by atoms with Crippen molar-refractivity contribution in [2.24, 2.45) is 0 Å². The fraction of sp³-hybridized carbons (Fsp3) is 0.800. The topological polar surface area (TPSA) is 75.6 Å². The molecule has 0 radical (unpaired) electrons. The van der Waals surface area contributed by atoms with Crippen LogP contribution < -0.4 is 5.32 Å². The molecule has 0 aromatic rings. The molecular formula is C10H21NO4Si. The third-order valence-electron chi connectivity index (χ3n) is 2.84. The van der Waals surface area contributed by atoms with Crippen LogP contribution in [0, 0.1) is 0 Å². The molecule has 0 unspecified atom stereocenters. The predicted molar refractivity (Wildman–Crippen MR) is 64.2 cm³/mol. The van der Waals surface area contributed by atoms with E-state index in [2.05, 4.69) is 20.8 Å². The fourth-order valence-electron chi connectivity index (χ4n) is 0.703. The molecule has 0 heterocycles. The van der Waals surface area contributed by atoms with Crippen molar-refractivity contribution in [3.8, 4) is 0 Å². The number of carbonyl (C=O) groups is 2. The number of hydrogen-bond donors (Lipinski definition) is 2. The van der Waals surface area contributed by atoms with E-state index in [1.54, 1.807) is 0 Å². The van der Waals surface area contributed by atoms with Crippen molar-refractivity contribution in [3.63, 3.8) is 0 Å². The zero-order valence-corrected chi connectivity index (χ0v) is 11.6. The van der Waals surface area contributed by atoms with Gasteiger partial charge in [-0.25, -0.2) is 4.79 Å². The summed E-state index contributed by atoms with van der Waals surface area (Å²) < 4.78 is 5.64. The van der Waals surface area contributed by atoms with Crippen LogP contribution in [0.5, 0.6) is 0 Å². The lowest BCUT2D eigenvalue weighted by Gasteiger charge is -2.35. The van der Waals surface area contributed by atoms with Gasteiger partial charge in [0, 0.05) is 0 Å². The van der Waals surface area contributed by atoms with Crippen molar-refractivity contribution in [2.75, 3.05) is 13.2 Å². The molecule has 0 saturated heterocycles. The highest BCUT2D eigenvalue weighted by Crippen LogP contribution is 2.36. The second-order valence-electron chi connectivity index (χ2n) is 5.25. The standard InChI is InChI=1S/C10H21NO4Si/c1-10(2,3)16(4,5)15-7-8(12)6-11-9(13)14/h11H,6-7H2,1-5H3,(H,13,14). The normalized spacial score (nSPS) is 12.3. The molecule has 0 bridgehead atoms. The molecule has 0 saturated carbocycles. The zero-order chi connectivity index (χ0) is 13.0. The van der Waals surface area contributed by atoms with Crippen molar-refractivity contribution in [1.82, 2.24) is 5.32 Å². The van der Waals surface area contributed by atoms with Crippen LogP contribution in [0.4, 0.5) is 4.79 Å². The maximum Gasteiger partial charge on any atom is 0.405 e. The van der Waals surface area contributed by atoms with Crippen LogP contribution in [0.2, 0.25) is 18.1 Å². The molecule has 0 aliphatic carbocycles. The van der Waals surface area contributed by atoms with E-state index in [-0.39, 0.29) is 24.0 Å². The molecule has 1 amide bonds. The van der Waals surface area contributed by atoms with Gasteiger partial charge in [-0.1, -0.05) is 20.8 Å². The predicted octanol–water partition coefficient (Wildman–Crippen LogP) is 1.84. The van der Waals surface area contributed by atoms with E-state index in [0.29, 0.717) is 0 Å². The third-order valence-corrected chi connectivity index (χ3v) is 7.32. The van der Waals surface area contributed by atoms with Gasteiger partial charge in [0.25, 0.3) is 0 Å². The van der Waals surface area contributed by atoms with E-state index in [9.17, 15) is 9.59 Å². The van der Waals surface area contributed by atoms with Gasteiger partial charge >= 0.3 is 6.09 Å². The molecule has 0 aliphatic rings. The monoisotopic (exact) mass is 247 g/mol. The zero-order valence-electron chi connectivity index (χ0n) is 10.6. The van der Waals surface area contributed by atoms with E-state index in [1.807, 2.05) is 18.4 Å². The maximum atomic E-state index is 11.3. The van der Waals surface area contributed by atoms with Crippen LogP contribution >= 0.6 is 0 Å². The minimum absolute atomic E-state index is 0.0171. The van der Waals surface area contributed by atoms with Crippen LogP contribution in [0.15, 0.2) is 0 Å². The van der Waals surface area contributed by atoms with Gasteiger partial charge < -0.3 is 14.8 Å². The van der Waals surface area contributed by atoms with Gasteiger partial charge in [0.2, 0.25) is 0 Å². The van der Waals surface area contributed by atoms with Crippen LogP contribution in [0.1, 0.15) is 20.8 Å². The Kier molecular flexibility index (Phi) is 5.15. The first-order chi connectivity index (χ1) is 7.06. The first-order valence-corrected chi connectivity index (χ1v) is 8.09. The van der Waals surface area contributed by atoms with Gasteiger partial charge in [0.1, 0.15) is 0 Å². The summed E-state index contributed by atoms with van der Waals surface area (Å²) in [5, 5.41) is 10.4. The number of rotatable bonds is 5. The van der Waals surface area contributed by atoms with E-state index in [0.717, 1.165) is 0 Å². The van der Waals surface area contributed by atoms with Crippen LogP contribution in [-0.2, 0) is 9.22 Å². The number of hydrogen-bond acceptors (Lipinski definition) is 3. The van der Waals surface area contributed by atoms with Crippen LogP contribution in [-0.4, -0.2) is 38.5 Å². The van der Waals surface area contributed by atoms with Crippen molar-refractivity contribution >= 4 is 20.2 Å². The summed E-state index contributed by atoms with van der Waals surface area (Å²) in [6, 6.07) is 0. The molecule has 2 N–H and O–H groups in total. The van der Waals surface area contributed by atoms with E-state index in [4.69, 9.17) is 9.53 Å². The molecular weight excluding hydrogens is 226 g/mol. The number of Topliss-reactive ketones (excluding diaryl/α,β-unsaturated/α-hetero) is 1. The average molecular weight is 247 g/mol. The summed E-state index contributed by atoms with van der Waals surface area (Å²) in [6.07, 6.45) is -1.19. The number of carboxylic acid groups (broad SMARTS) is 1. The highest BCUT2D eigenvalue weighted by molar-refractivity contribution is 6.74. The molecule has 5 nitrogen and oxygen atoms in total. The molecule has 0 aromatic heterocycles. The third kappa shape index (κ3) is 5.27. The largest absolute Gasteiger partial charge is 0.465 e. The number of carbonyl (C=O) groups excluding carboxylic acids is 1. The first-order valence-electron chi connectivity index (χ1n) is 5.19. The van der Waals surface area contributed by atoms with Gasteiger partial charge in [-0.2, -0.15) is 0 Å². The molecule has 0 atom stereocenters. The second-order valence-corrected chi connectivity index (χ2v) is 10.1. The molecule has 0 aromatic carbocycles. The Morgan fingerprint density at radius 2 is 1.81 bits per heavy atom. The number of nitrogens with one attached hydrogen (secondary N) is 1. The fourth-order valence-corrected chi connectivity index (χ4v) is 1.66. The number of amides is 1. The molecule has 94 valence electrons.